The second kappa shape index (κ2) is 5.54. The minimum Gasteiger partial charge on any atom is -0.301 e. The lowest BCUT2D eigenvalue weighted by atomic mass is 10.1. The Labute approximate surface area is 57.5 Å². The van der Waals surface area contributed by atoms with Crippen molar-refractivity contribution >= 4 is 6.21 Å². The second-order valence-electron chi connectivity index (χ2n) is 1.95. The van der Waals surface area contributed by atoms with Gasteiger partial charge in [0.05, 0.1) is 0 Å². The van der Waals surface area contributed by atoms with Crippen LogP contribution in [0.25, 0.3) is 0 Å². The van der Waals surface area contributed by atoms with E-state index in [0.29, 0.717) is 0 Å². The molecule has 0 spiro atoms. The number of nitrogens with zero attached hydrogens (tertiary/aromatic N) is 1. The van der Waals surface area contributed by atoms with Gasteiger partial charge in [-0.2, -0.15) is 0 Å². The predicted octanol–water partition coefficient (Wildman–Crippen LogP) is 2.43. The van der Waals surface area contributed by atoms with Gasteiger partial charge in [0.1, 0.15) is 0 Å². The fourth-order valence-electron chi connectivity index (χ4n) is 0.675. The van der Waals surface area contributed by atoms with Crippen molar-refractivity contribution < 1.29 is 0 Å². The maximum atomic E-state index is 3.91. The average molecular weight is 125 g/mol. The summed E-state index contributed by atoms with van der Waals surface area (Å²) in [6.07, 6.45) is 6.26. The number of hydrogen-bond acceptors (Lipinski definition) is 1. The first-order valence-electron chi connectivity index (χ1n) is 3.39. The van der Waals surface area contributed by atoms with E-state index < -0.39 is 0 Å². The van der Waals surface area contributed by atoms with Gasteiger partial charge in [0.15, 0.2) is 0 Å². The maximum absolute atomic E-state index is 3.91. The van der Waals surface area contributed by atoms with Crippen LogP contribution in [-0.4, -0.2) is 13.3 Å². The first-order chi connectivity index (χ1) is 4.35. The normalized spacial score (nSPS) is 13.0. The van der Waals surface area contributed by atoms with Crippen LogP contribution in [0.15, 0.2) is 16.6 Å². The Morgan fingerprint density at radius 1 is 1.56 bits per heavy atom. The standard InChI is InChI=1S/C8H15N/c1-4-8(5-2)6-7-9-3/h4,7H,5-6H2,1-3H3. The average Bonchev–Trinajstić information content (AvgIpc) is 1.91. The Morgan fingerprint density at radius 3 is 2.56 bits per heavy atom. The lowest BCUT2D eigenvalue weighted by Gasteiger charge is -1.95. The highest BCUT2D eigenvalue weighted by atomic mass is 14.6. The number of allylic oxidation sites excluding steroid dienone is 2. The van der Waals surface area contributed by atoms with Crippen molar-refractivity contribution in [3.8, 4) is 0 Å². The van der Waals surface area contributed by atoms with Crippen LogP contribution in [0.5, 0.6) is 0 Å². The summed E-state index contributed by atoms with van der Waals surface area (Å²) in [5, 5.41) is 0. The van der Waals surface area contributed by atoms with Crippen LogP contribution in [0.1, 0.15) is 26.7 Å². The molecule has 0 bridgehead atoms. The van der Waals surface area contributed by atoms with Crippen molar-refractivity contribution in [1.29, 1.82) is 0 Å². The molecular formula is C8H15N. The molecule has 0 rings (SSSR count). The number of hydrogen-bond donors (Lipinski definition) is 0. The molecule has 0 aromatic carbocycles. The number of rotatable bonds is 3. The highest BCUT2D eigenvalue weighted by Gasteiger charge is 1.86. The molecule has 0 fully saturated rings. The summed E-state index contributed by atoms with van der Waals surface area (Å²) >= 11 is 0. The van der Waals surface area contributed by atoms with Crippen LogP contribution < -0.4 is 0 Å². The van der Waals surface area contributed by atoms with Gasteiger partial charge in [-0.15, -0.1) is 0 Å². The van der Waals surface area contributed by atoms with Crippen molar-refractivity contribution in [3.05, 3.63) is 11.6 Å². The fourth-order valence-corrected chi connectivity index (χ4v) is 0.675. The van der Waals surface area contributed by atoms with Gasteiger partial charge in [-0.25, -0.2) is 0 Å². The lowest BCUT2D eigenvalue weighted by molar-refractivity contribution is 1.05. The molecule has 0 saturated heterocycles. The predicted molar refractivity (Wildman–Crippen MR) is 43.1 cm³/mol. The molecule has 0 N–H and O–H groups in total. The molecule has 1 nitrogen and oxygen atoms in total. The summed E-state index contributed by atoms with van der Waals surface area (Å²) in [6, 6.07) is 0. The monoisotopic (exact) mass is 125 g/mol. The van der Waals surface area contributed by atoms with Crippen molar-refractivity contribution in [3.63, 3.8) is 0 Å². The van der Waals surface area contributed by atoms with E-state index in [1.807, 2.05) is 13.3 Å². The van der Waals surface area contributed by atoms with Crippen LogP contribution in [0.3, 0.4) is 0 Å². The Balaban J connectivity index is 3.58. The van der Waals surface area contributed by atoms with Crippen LogP contribution in [0.4, 0.5) is 0 Å². The SMILES string of the molecule is CC=C(CC)CC=NC. The molecule has 0 aliphatic carbocycles. The fraction of sp³-hybridized carbons (Fsp3) is 0.625. The Bertz CT molecular complexity index is 112. The molecule has 0 aliphatic rings. The van der Waals surface area contributed by atoms with Gasteiger partial charge in [-0.05, 0) is 13.3 Å². The van der Waals surface area contributed by atoms with E-state index in [1.54, 1.807) is 0 Å². The zero-order valence-electron chi connectivity index (χ0n) is 6.52. The summed E-state index contributed by atoms with van der Waals surface area (Å²) in [5.74, 6) is 0. The topological polar surface area (TPSA) is 12.4 Å². The summed E-state index contributed by atoms with van der Waals surface area (Å²) in [4.78, 5) is 3.91. The van der Waals surface area contributed by atoms with Crippen LogP contribution in [0.2, 0.25) is 0 Å². The summed E-state index contributed by atoms with van der Waals surface area (Å²) < 4.78 is 0. The largest absolute Gasteiger partial charge is 0.301 e. The van der Waals surface area contributed by atoms with E-state index in [2.05, 4.69) is 24.9 Å². The van der Waals surface area contributed by atoms with Gasteiger partial charge in [-0.3, -0.25) is 0 Å². The maximum Gasteiger partial charge on any atom is 0.0273 e. The van der Waals surface area contributed by atoms with Crippen molar-refractivity contribution in [2.75, 3.05) is 7.05 Å². The van der Waals surface area contributed by atoms with Gasteiger partial charge < -0.3 is 4.99 Å². The lowest BCUT2D eigenvalue weighted by Crippen LogP contribution is -1.80. The van der Waals surface area contributed by atoms with Crippen molar-refractivity contribution in [1.82, 2.24) is 0 Å². The Kier molecular flexibility index (Phi) is 5.18. The van der Waals surface area contributed by atoms with E-state index in [0.717, 1.165) is 12.8 Å². The molecule has 0 aromatic rings. The van der Waals surface area contributed by atoms with Gasteiger partial charge in [0.2, 0.25) is 0 Å². The smallest absolute Gasteiger partial charge is 0.0273 e. The summed E-state index contributed by atoms with van der Waals surface area (Å²) in [7, 11) is 1.81. The van der Waals surface area contributed by atoms with E-state index in [-0.39, 0.29) is 0 Å². The third-order valence-corrected chi connectivity index (χ3v) is 1.40. The molecule has 9 heavy (non-hydrogen) atoms. The Hall–Kier alpha value is -0.590. The minimum atomic E-state index is 1.02. The molecule has 0 aliphatic heterocycles. The van der Waals surface area contributed by atoms with E-state index in [9.17, 15) is 0 Å². The molecule has 0 amide bonds. The molecule has 0 heterocycles. The van der Waals surface area contributed by atoms with E-state index in [1.165, 1.54) is 5.57 Å². The van der Waals surface area contributed by atoms with Crippen molar-refractivity contribution in [2.24, 2.45) is 4.99 Å². The third kappa shape index (κ3) is 3.95. The molecule has 0 atom stereocenters. The zero-order valence-corrected chi connectivity index (χ0v) is 6.52. The van der Waals surface area contributed by atoms with Crippen molar-refractivity contribution in [2.45, 2.75) is 26.7 Å². The van der Waals surface area contributed by atoms with Gasteiger partial charge in [0, 0.05) is 19.7 Å². The first kappa shape index (κ1) is 8.41. The molecule has 1 heteroatoms. The van der Waals surface area contributed by atoms with Gasteiger partial charge >= 0.3 is 0 Å². The zero-order chi connectivity index (χ0) is 7.11. The molecule has 0 radical (unpaired) electrons. The van der Waals surface area contributed by atoms with Crippen LogP contribution >= 0.6 is 0 Å². The minimum absolute atomic E-state index is 1.02. The van der Waals surface area contributed by atoms with Gasteiger partial charge in [0.25, 0.3) is 0 Å². The molecule has 52 valence electrons. The van der Waals surface area contributed by atoms with Crippen LogP contribution in [-0.2, 0) is 0 Å². The molecule has 0 unspecified atom stereocenters. The van der Waals surface area contributed by atoms with Gasteiger partial charge in [-0.1, -0.05) is 18.6 Å². The molecule has 0 aromatic heterocycles. The Morgan fingerprint density at radius 2 is 2.22 bits per heavy atom. The highest BCUT2D eigenvalue weighted by Crippen LogP contribution is 2.02. The molecule has 0 saturated carbocycles. The molecular weight excluding hydrogens is 110 g/mol. The highest BCUT2D eigenvalue weighted by molar-refractivity contribution is 5.60. The third-order valence-electron chi connectivity index (χ3n) is 1.40. The number of aliphatic imine (C=N–C) groups is 1. The second-order valence-corrected chi connectivity index (χ2v) is 1.95. The summed E-state index contributed by atoms with van der Waals surface area (Å²) in [6.45, 7) is 4.24. The van der Waals surface area contributed by atoms with E-state index in [4.69, 9.17) is 0 Å². The van der Waals surface area contributed by atoms with E-state index >= 15 is 0 Å². The van der Waals surface area contributed by atoms with Crippen LogP contribution in [0, 0.1) is 0 Å². The summed E-state index contributed by atoms with van der Waals surface area (Å²) in [5.41, 5.74) is 1.46. The first-order valence-corrected chi connectivity index (χ1v) is 3.39. The quantitative estimate of drug-likeness (QED) is 0.406.